The Hall–Kier alpha value is -2.42. The fraction of sp³-hybridized carbons (Fsp3) is 0.652. The van der Waals surface area contributed by atoms with E-state index in [1.165, 1.54) is 20.5 Å². The third-order valence-corrected chi connectivity index (χ3v) is 7.66. The van der Waals surface area contributed by atoms with E-state index in [1.54, 1.807) is 11.4 Å². The van der Waals surface area contributed by atoms with Crippen LogP contribution in [0.15, 0.2) is 21.0 Å². The predicted octanol–water partition coefficient (Wildman–Crippen LogP) is 2.18. The van der Waals surface area contributed by atoms with Gasteiger partial charge in [0, 0.05) is 32.1 Å². The van der Waals surface area contributed by atoms with Crippen LogP contribution in [0.25, 0.3) is 10.2 Å². The van der Waals surface area contributed by atoms with E-state index in [-0.39, 0.29) is 35.8 Å². The maximum Gasteiger partial charge on any atom is 0.332 e. The first-order valence-electron chi connectivity index (χ1n) is 11.8. The van der Waals surface area contributed by atoms with Crippen molar-refractivity contribution in [3.05, 3.63) is 32.3 Å². The summed E-state index contributed by atoms with van der Waals surface area (Å²) in [5.74, 6) is 0.300. The van der Waals surface area contributed by atoms with Crippen LogP contribution in [-0.2, 0) is 22.7 Å². The summed E-state index contributed by atoms with van der Waals surface area (Å²) < 4.78 is 3.23. The molecule has 174 valence electrons. The van der Waals surface area contributed by atoms with Crippen LogP contribution in [-0.4, -0.2) is 45.5 Å². The summed E-state index contributed by atoms with van der Waals surface area (Å²) >= 11 is 1.30. The summed E-state index contributed by atoms with van der Waals surface area (Å²) in [7, 11) is 0. The summed E-state index contributed by atoms with van der Waals surface area (Å²) in [5, 5.41) is 4.58. The maximum absolute atomic E-state index is 13.2. The number of nitrogens with zero attached hydrogens (tertiary/aromatic N) is 3. The zero-order chi connectivity index (χ0) is 22.7. The fourth-order valence-electron chi connectivity index (χ4n) is 4.96. The normalized spacial score (nSPS) is 21.2. The summed E-state index contributed by atoms with van der Waals surface area (Å²) in [6.07, 6.45) is 6.28. The summed E-state index contributed by atoms with van der Waals surface area (Å²) in [4.78, 5) is 53.2. The van der Waals surface area contributed by atoms with E-state index < -0.39 is 5.69 Å². The Morgan fingerprint density at radius 1 is 1.09 bits per heavy atom. The van der Waals surface area contributed by atoms with E-state index in [0.29, 0.717) is 23.3 Å². The van der Waals surface area contributed by atoms with Gasteiger partial charge in [0.15, 0.2) is 0 Å². The second-order valence-corrected chi connectivity index (χ2v) is 9.94. The number of hydrogen-bond acceptors (Lipinski definition) is 5. The first-order valence-corrected chi connectivity index (χ1v) is 12.6. The molecule has 0 spiro atoms. The second kappa shape index (κ2) is 10.0. The topological polar surface area (TPSA) is 93.4 Å². The van der Waals surface area contributed by atoms with Crippen molar-refractivity contribution in [2.75, 3.05) is 19.6 Å². The molecule has 8 nitrogen and oxygen atoms in total. The van der Waals surface area contributed by atoms with Crippen molar-refractivity contribution < 1.29 is 9.59 Å². The fourth-order valence-corrected chi connectivity index (χ4v) is 5.80. The Kier molecular flexibility index (Phi) is 7.13. The molecular weight excluding hydrogens is 428 g/mol. The van der Waals surface area contributed by atoms with Crippen molar-refractivity contribution in [3.63, 3.8) is 0 Å². The molecule has 0 aromatic carbocycles. The number of rotatable bonds is 7. The highest BCUT2D eigenvalue weighted by atomic mass is 32.1. The molecule has 2 fully saturated rings. The molecule has 0 bridgehead atoms. The number of nitrogens with one attached hydrogen (secondary N) is 1. The summed E-state index contributed by atoms with van der Waals surface area (Å²) in [5.41, 5.74) is -0.184. The van der Waals surface area contributed by atoms with Crippen LogP contribution in [0.1, 0.15) is 51.9 Å². The molecule has 4 rings (SSSR count). The smallest absolute Gasteiger partial charge is 0.332 e. The minimum absolute atomic E-state index is 0.0692. The van der Waals surface area contributed by atoms with Gasteiger partial charge in [-0.05, 0) is 62.3 Å². The van der Waals surface area contributed by atoms with Crippen molar-refractivity contribution in [2.24, 2.45) is 11.8 Å². The number of likely N-dealkylation sites (tertiary alicyclic amines) is 1. The van der Waals surface area contributed by atoms with E-state index in [9.17, 15) is 19.2 Å². The van der Waals surface area contributed by atoms with Gasteiger partial charge in [0.05, 0.1) is 5.52 Å². The third kappa shape index (κ3) is 4.67. The van der Waals surface area contributed by atoms with Gasteiger partial charge in [-0.25, -0.2) is 4.79 Å². The number of thiophene rings is 1. The standard InChI is InChI=1S/C23H32N4O4S/c1-2-10-24-19(28)15-26-18-9-13-32-20(18)22(30)27(23(26)31)14-16-5-7-17(8-6-16)21(29)25-11-3-4-12-25/h9,13,16-17H,2-8,10-12,14-15H2,1H3,(H,24,28). The van der Waals surface area contributed by atoms with Gasteiger partial charge in [-0.2, -0.15) is 0 Å². The highest BCUT2D eigenvalue weighted by Crippen LogP contribution is 2.31. The van der Waals surface area contributed by atoms with Gasteiger partial charge in [0.2, 0.25) is 11.8 Å². The monoisotopic (exact) mass is 460 g/mol. The molecule has 1 saturated heterocycles. The lowest BCUT2D eigenvalue weighted by Gasteiger charge is -2.30. The van der Waals surface area contributed by atoms with Gasteiger partial charge in [-0.3, -0.25) is 23.5 Å². The van der Waals surface area contributed by atoms with Crippen LogP contribution in [0.2, 0.25) is 0 Å². The van der Waals surface area contributed by atoms with Gasteiger partial charge in [-0.15, -0.1) is 11.3 Å². The largest absolute Gasteiger partial charge is 0.355 e. The van der Waals surface area contributed by atoms with Crippen LogP contribution < -0.4 is 16.6 Å². The minimum atomic E-state index is -0.428. The van der Waals surface area contributed by atoms with E-state index >= 15 is 0 Å². The Morgan fingerprint density at radius 3 is 2.50 bits per heavy atom. The first-order chi connectivity index (χ1) is 15.5. The molecule has 1 aliphatic carbocycles. The zero-order valence-electron chi connectivity index (χ0n) is 18.7. The lowest BCUT2D eigenvalue weighted by atomic mass is 9.81. The predicted molar refractivity (Wildman–Crippen MR) is 125 cm³/mol. The SMILES string of the molecule is CCCNC(=O)Cn1c(=O)n(CC2CCC(C(=O)N3CCCC3)CC2)c(=O)c2sccc21. The summed E-state index contributed by atoms with van der Waals surface area (Å²) in [6, 6.07) is 1.73. The van der Waals surface area contributed by atoms with Crippen LogP contribution in [0.3, 0.4) is 0 Å². The van der Waals surface area contributed by atoms with E-state index in [4.69, 9.17) is 0 Å². The van der Waals surface area contributed by atoms with Crippen molar-refractivity contribution >= 4 is 33.4 Å². The van der Waals surface area contributed by atoms with Crippen LogP contribution in [0.5, 0.6) is 0 Å². The molecule has 2 aliphatic rings. The molecule has 3 heterocycles. The maximum atomic E-state index is 13.2. The molecule has 0 atom stereocenters. The highest BCUT2D eigenvalue weighted by Gasteiger charge is 2.31. The molecule has 1 aliphatic heterocycles. The quantitative estimate of drug-likeness (QED) is 0.685. The highest BCUT2D eigenvalue weighted by molar-refractivity contribution is 7.17. The Balaban J connectivity index is 1.49. The van der Waals surface area contributed by atoms with Crippen molar-refractivity contribution in [1.82, 2.24) is 19.4 Å². The lowest BCUT2D eigenvalue weighted by molar-refractivity contribution is -0.135. The average Bonchev–Trinajstić information content (AvgIpc) is 3.50. The third-order valence-electron chi connectivity index (χ3n) is 6.76. The average molecular weight is 461 g/mol. The lowest BCUT2D eigenvalue weighted by Crippen LogP contribution is -2.44. The second-order valence-electron chi connectivity index (χ2n) is 9.02. The Labute approximate surface area is 191 Å². The van der Waals surface area contributed by atoms with Crippen LogP contribution in [0, 0.1) is 11.8 Å². The van der Waals surface area contributed by atoms with Crippen LogP contribution >= 0.6 is 11.3 Å². The molecule has 2 aromatic heterocycles. The molecule has 0 radical (unpaired) electrons. The number of carbonyl (C=O) groups excluding carboxylic acids is 2. The molecule has 1 N–H and O–H groups in total. The molecule has 2 amide bonds. The van der Waals surface area contributed by atoms with Gasteiger partial charge in [-0.1, -0.05) is 6.92 Å². The number of carbonyl (C=O) groups is 2. The molecule has 9 heteroatoms. The number of amides is 2. The van der Waals surface area contributed by atoms with Crippen molar-refractivity contribution in [1.29, 1.82) is 0 Å². The van der Waals surface area contributed by atoms with Crippen molar-refractivity contribution in [2.45, 2.75) is 65.0 Å². The van der Waals surface area contributed by atoms with E-state index in [2.05, 4.69) is 5.32 Å². The molecule has 1 saturated carbocycles. The minimum Gasteiger partial charge on any atom is -0.355 e. The molecule has 2 aromatic rings. The van der Waals surface area contributed by atoms with E-state index in [1.807, 2.05) is 11.8 Å². The number of fused-ring (bicyclic) bond motifs is 1. The number of hydrogen-bond donors (Lipinski definition) is 1. The van der Waals surface area contributed by atoms with Crippen molar-refractivity contribution in [3.8, 4) is 0 Å². The van der Waals surface area contributed by atoms with Gasteiger partial charge in [0.25, 0.3) is 5.56 Å². The summed E-state index contributed by atoms with van der Waals surface area (Å²) in [6.45, 7) is 4.52. The van der Waals surface area contributed by atoms with Gasteiger partial charge < -0.3 is 10.2 Å². The molecule has 32 heavy (non-hydrogen) atoms. The number of aromatic nitrogens is 2. The van der Waals surface area contributed by atoms with E-state index in [0.717, 1.165) is 58.0 Å². The van der Waals surface area contributed by atoms with Gasteiger partial charge in [0.1, 0.15) is 11.2 Å². The van der Waals surface area contributed by atoms with Crippen LogP contribution in [0.4, 0.5) is 0 Å². The molecule has 0 unspecified atom stereocenters. The zero-order valence-corrected chi connectivity index (χ0v) is 19.5. The first kappa shape index (κ1) is 22.8. The molecular formula is C23H32N4O4S. The Morgan fingerprint density at radius 2 is 1.81 bits per heavy atom. The van der Waals surface area contributed by atoms with Gasteiger partial charge >= 0.3 is 5.69 Å². The Bertz CT molecular complexity index is 1090.